The minimum Gasteiger partial charge on any atom is -0.282 e. The minimum absolute atomic E-state index is 0.152. The number of benzene rings is 1. The summed E-state index contributed by atoms with van der Waals surface area (Å²) in [5, 5.41) is 11.3. The Morgan fingerprint density at radius 2 is 2.22 bits per heavy atom. The maximum atomic E-state index is 11.0. The predicted molar refractivity (Wildman–Crippen MR) is 70.4 cm³/mol. The van der Waals surface area contributed by atoms with Gasteiger partial charge in [-0.3, -0.25) is 9.87 Å². The highest BCUT2D eigenvalue weighted by Crippen LogP contribution is 2.22. The molecular weight excluding hydrogens is 274 g/mol. The molecule has 2 N–H and O–H groups in total. The average molecular weight is 285 g/mol. The monoisotopic (exact) mass is 285 g/mol. The number of rotatable bonds is 2. The van der Waals surface area contributed by atoms with Crippen LogP contribution in [0.5, 0.6) is 0 Å². The molecule has 0 atom stereocenters. The smallest absolute Gasteiger partial charge is 0.282 e. The van der Waals surface area contributed by atoms with Crippen molar-refractivity contribution in [1.29, 1.82) is 5.26 Å². The van der Waals surface area contributed by atoms with E-state index in [0.717, 1.165) is 0 Å². The van der Waals surface area contributed by atoms with Gasteiger partial charge in [0.1, 0.15) is 0 Å². The first kappa shape index (κ1) is 14.5. The molecule has 0 saturated carbocycles. The molecule has 0 aliphatic rings. The summed E-state index contributed by atoms with van der Waals surface area (Å²) in [7, 11) is -4.22. The summed E-state index contributed by atoms with van der Waals surface area (Å²) in [6, 6.07) is 4.23. The van der Waals surface area contributed by atoms with E-state index < -0.39 is 10.1 Å². The van der Waals surface area contributed by atoms with E-state index in [1.807, 2.05) is 0 Å². The van der Waals surface area contributed by atoms with Gasteiger partial charge in [-0.1, -0.05) is 11.8 Å². The Morgan fingerprint density at radius 1 is 1.56 bits per heavy atom. The third kappa shape index (κ3) is 3.73. The normalized spacial score (nSPS) is 12.0. The molecule has 0 aliphatic heterocycles. The van der Waals surface area contributed by atoms with Crippen LogP contribution in [0.15, 0.2) is 28.1 Å². The van der Waals surface area contributed by atoms with Gasteiger partial charge >= 0.3 is 0 Å². The second kappa shape index (κ2) is 5.86. The highest BCUT2D eigenvalue weighted by atomic mass is 32.2. The Hall–Kier alpha value is -1.56. The molecule has 0 bridgehead atoms. The van der Waals surface area contributed by atoms with Crippen molar-refractivity contribution >= 4 is 32.7 Å². The molecule has 0 aliphatic carbocycles. The Kier molecular flexibility index (Phi) is 4.72. The number of hydrogen-bond acceptors (Lipinski definition) is 5. The average Bonchev–Trinajstić information content (AvgIpc) is 2.26. The lowest BCUT2D eigenvalue weighted by Gasteiger charge is -2.04. The molecule has 0 fully saturated rings. The molecule has 1 rings (SSSR count). The van der Waals surface area contributed by atoms with Crippen LogP contribution in [-0.2, 0) is 10.1 Å². The second-order valence-corrected chi connectivity index (χ2v) is 5.47. The summed E-state index contributed by atoms with van der Waals surface area (Å²) in [6.07, 6.45) is 3.50. The van der Waals surface area contributed by atoms with Gasteiger partial charge in [0.2, 0.25) is 0 Å². The minimum atomic E-state index is -4.22. The highest BCUT2D eigenvalue weighted by molar-refractivity contribution is 8.13. The van der Waals surface area contributed by atoms with E-state index in [9.17, 15) is 8.42 Å². The van der Waals surface area contributed by atoms with Crippen molar-refractivity contribution in [1.82, 2.24) is 5.32 Å². The number of aliphatic imine (C=N–C) groups is 1. The molecule has 8 heteroatoms. The quantitative estimate of drug-likeness (QED) is 0.282. The number of amidine groups is 1. The van der Waals surface area contributed by atoms with E-state index in [2.05, 4.69) is 10.3 Å². The largest absolute Gasteiger partial charge is 0.294 e. The fraction of sp³-hybridized carbons (Fsp3) is 0.200. The van der Waals surface area contributed by atoms with Crippen LogP contribution in [0.1, 0.15) is 5.56 Å². The molecule has 0 aromatic heterocycles. The summed E-state index contributed by atoms with van der Waals surface area (Å²) in [5.41, 5.74) is 0.878. The number of nitrogens with zero attached hydrogens (tertiary/aromatic N) is 2. The Bertz CT molecular complexity index is 618. The number of nitriles is 1. The van der Waals surface area contributed by atoms with Gasteiger partial charge in [-0.05, 0) is 36.9 Å². The Morgan fingerprint density at radius 3 is 2.67 bits per heavy atom. The fourth-order valence-corrected chi connectivity index (χ4v) is 2.33. The molecule has 1 aromatic carbocycles. The maximum absolute atomic E-state index is 11.0. The topological polar surface area (TPSA) is 103 Å². The van der Waals surface area contributed by atoms with Crippen molar-refractivity contribution in [3.63, 3.8) is 0 Å². The molecule has 0 saturated heterocycles. The SMILES string of the molecule is CSC(=Nc1ccc(S(=O)(=O)O)c(C)c1)NC#N. The fourth-order valence-electron chi connectivity index (χ4n) is 1.28. The predicted octanol–water partition coefficient (Wildman–Crippen LogP) is 1.66. The van der Waals surface area contributed by atoms with Crippen molar-refractivity contribution in [3.8, 4) is 6.19 Å². The second-order valence-electron chi connectivity index (χ2n) is 3.28. The summed E-state index contributed by atoms with van der Waals surface area (Å²) in [5.74, 6) is 0. The molecule has 0 heterocycles. The number of hydrogen-bond donors (Lipinski definition) is 2. The van der Waals surface area contributed by atoms with E-state index in [1.165, 1.54) is 30.0 Å². The number of thioether (sulfide) groups is 1. The third-order valence-corrected chi connectivity index (χ3v) is 3.62. The van der Waals surface area contributed by atoms with E-state index in [1.54, 1.807) is 19.4 Å². The molecular formula is C10H11N3O3S2. The van der Waals surface area contributed by atoms with Gasteiger partial charge in [0, 0.05) is 0 Å². The lowest BCUT2D eigenvalue weighted by molar-refractivity contribution is 0.482. The van der Waals surface area contributed by atoms with E-state index in [0.29, 0.717) is 16.4 Å². The maximum Gasteiger partial charge on any atom is 0.294 e. The van der Waals surface area contributed by atoms with Crippen LogP contribution in [0.2, 0.25) is 0 Å². The van der Waals surface area contributed by atoms with Crippen LogP contribution in [0, 0.1) is 18.4 Å². The van der Waals surface area contributed by atoms with Gasteiger partial charge in [-0.25, -0.2) is 4.99 Å². The van der Waals surface area contributed by atoms with Gasteiger partial charge < -0.3 is 0 Å². The Balaban J connectivity index is 3.17. The summed E-state index contributed by atoms with van der Waals surface area (Å²) >= 11 is 1.25. The highest BCUT2D eigenvalue weighted by Gasteiger charge is 2.12. The first-order valence-corrected chi connectivity index (χ1v) is 7.41. The van der Waals surface area contributed by atoms with Crippen molar-refractivity contribution in [3.05, 3.63) is 23.8 Å². The van der Waals surface area contributed by atoms with Gasteiger partial charge in [0.15, 0.2) is 11.4 Å². The van der Waals surface area contributed by atoms with E-state index in [4.69, 9.17) is 9.81 Å². The first-order chi connectivity index (χ1) is 8.38. The van der Waals surface area contributed by atoms with Crippen LogP contribution in [0.3, 0.4) is 0 Å². The summed E-state index contributed by atoms with van der Waals surface area (Å²) < 4.78 is 31.0. The summed E-state index contributed by atoms with van der Waals surface area (Å²) in [6.45, 7) is 1.55. The zero-order valence-electron chi connectivity index (χ0n) is 9.71. The lowest BCUT2D eigenvalue weighted by Crippen LogP contribution is -2.12. The zero-order chi connectivity index (χ0) is 13.8. The molecule has 1 aromatic rings. The van der Waals surface area contributed by atoms with Gasteiger partial charge in [0.25, 0.3) is 10.1 Å². The third-order valence-electron chi connectivity index (χ3n) is 2.02. The van der Waals surface area contributed by atoms with Crippen molar-refractivity contribution in [2.75, 3.05) is 6.26 Å². The lowest BCUT2D eigenvalue weighted by atomic mass is 10.2. The molecule has 0 unspecified atom stereocenters. The first-order valence-electron chi connectivity index (χ1n) is 4.74. The van der Waals surface area contributed by atoms with Crippen LogP contribution >= 0.6 is 11.8 Å². The van der Waals surface area contributed by atoms with Crippen LogP contribution < -0.4 is 5.32 Å². The molecule has 18 heavy (non-hydrogen) atoms. The van der Waals surface area contributed by atoms with Crippen LogP contribution in [-0.4, -0.2) is 24.4 Å². The zero-order valence-corrected chi connectivity index (χ0v) is 11.3. The van der Waals surface area contributed by atoms with E-state index in [-0.39, 0.29) is 4.90 Å². The van der Waals surface area contributed by atoms with E-state index >= 15 is 0 Å². The van der Waals surface area contributed by atoms with Crippen LogP contribution in [0.4, 0.5) is 5.69 Å². The van der Waals surface area contributed by atoms with Crippen molar-refractivity contribution < 1.29 is 13.0 Å². The Labute approximate surface area is 109 Å². The molecule has 96 valence electrons. The van der Waals surface area contributed by atoms with Gasteiger partial charge in [0.05, 0.1) is 10.6 Å². The van der Waals surface area contributed by atoms with Gasteiger partial charge in [-0.2, -0.15) is 13.7 Å². The standard InChI is InChI=1S/C10H11N3O3S2/c1-7-5-8(13-10(17-2)12-6-11)3-4-9(7)18(14,15)16/h3-5H,1-2H3,(H,12,13)(H,14,15,16). The molecule has 0 spiro atoms. The molecule has 0 radical (unpaired) electrons. The summed E-state index contributed by atoms with van der Waals surface area (Å²) in [4.78, 5) is 3.97. The number of nitrogens with one attached hydrogen (secondary N) is 1. The number of aryl methyl sites for hydroxylation is 1. The van der Waals surface area contributed by atoms with Gasteiger partial charge in [-0.15, -0.1) is 0 Å². The van der Waals surface area contributed by atoms with Crippen molar-refractivity contribution in [2.24, 2.45) is 4.99 Å². The van der Waals surface area contributed by atoms with Crippen LogP contribution in [0.25, 0.3) is 0 Å². The molecule has 6 nitrogen and oxygen atoms in total. The molecule has 0 amide bonds. The van der Waals surface area contributed by atoms with Crippen molar-refractivity contribution in [2.45, 2.75) is 11.8 Å².